The number of piperidine rings is 1. The summed E-state index contributed by atoms with van der Waals surface area (Å²) in [5, 5.41) is 1.25. The van der Waals surface area contributed by atoms with Crippen LogP contribution in [0, 0.1) is 0 Å². The number of amides is 1. The minimum atomic E-state index is -3.04. The molecule has 3 aliphatic rings. The topological polar surface area (TPSA) is 82.7 Å². The van der Waals surface area contributed by atoms with Gasteiger partial charge in [0.25, 0.3) is 0 Å². The number of nitrogens with one attached hydrogen (secondary N) is 1. The molecule has 0 aliphatic carbocycles. The van der Waals surface area contributed by atoms with Crippen molar-refractivity contribution >= 4 is 26.6 Å². The van der Waals surface area contributed by atoms with E-state index in [0.717, 1.165) is 45.4 Å². The van der Waals surface area contributed by atoms with Crippen LogP contribution in [0.2, 0.25) is 0 Å². The van der Waals surface area contributed by atoms with Gasteiger partial charge in [0.1, 0.15) is 0 Å². The summed E-state index contributed by atoms with van der Waals surface area (Å²) in [6.07, 6.45) is 4.57. The van der Waals surface area contributed by atoms with Gasteiger partial charge in [-0.25, -0.2) is 8.42 Å². The molecule has 0 spiro atoms. The van der Waals surface area contributed by atoms with Gasteiger partial charge in [-0.3, -0.25) is 9.69 Å². The maximum atomic E-state index is 13.3. The SMILES string of the molecule is O=C(CN1CCC(c2cc3ccccc3[nH]2)CC1)N(CC1CCCO1)C1CCS(=O)(=O)C1. The maximum absolute atomic E-state index is 13.3. The van der Waals surface area contributed by atoms with Gasteiger partial charge in [-0.1, -0.05) is 18.2 Å². The Balaban J connectivity index is 1.20. The van der Waals surface area contributed by atoms with Gasteiger partial charge in [-0.15, -0.1) is 0 Å². The number of benzene rings is 1. The Morgan fingerprint density at radius 3 is 2.66 bits per heavy atom. The van der Waals surface area contributed by atoms with Crippen molar-refractivity contribution < 1.29 is 17.9 Å². The lowest BCUT2D eigenvalue weighted by Crippen LogP contribution is -2.50. The quantitative estimate of drug-likeness (QED) is 0.718. The third kappa shape index (κ3) is 4.87. The van der Waals surface area contributed by atoms with Crippen molar-refractivity contribution in [3.05, 3.63) is 36.0 Å². The highest BCUT2D eigenvalue weighted by Gasteiger charge is 2.37. The van der Waals surface area contributed by atoms with E-state index in [4.69, 9.17) is 4.74 Å². The molecule has 7 nitrogen and oxygen atoms in total. The molecule has 174 valence electrons. The number of para-hydroxylation sites is 1. The summed E-state index contributed by atoms with van der Waals surface area (Å²) in [6, 6.07) is 10.4. The number of aromatic nitrogens is 1. The molecule has 3 fully saturated rings. The van der Waals surface area contributed by atoms with E-state index < -0.39 is 9.84 Å². The minimum Gasteiger partial charge on any atom is -0.376 e. The number of ether oxygens (including phenoxy) is 1. The Bertz CT molecular complexity index is 1020. The normalized spacial score (nSPS) is 26.6. The second kappa shape index (κ2) is 9.15. The largest absolute Gasteiger partial charge is 0.376 e. The first kappa shape index (κ1) is 21.9. The van der Waals surface area contributed by atoms with Crippen molar-refractivity contribution in [1.29, 1.82) is 0 Å². The maximum Gasteiger partial charge on any atom is 0.237 e. The monoisotopic (exact) mass is 459 g/mol. The minimum absolute atomic E-state index is 0.0370. The number of rotatable bonds is 6. The number of carbonyl (C=O) groups is 1. The molecule has 4 heterocycles. The van der Waals surface area contributed by atoms with Gasteiger partial charge in [-0.05, 0) is 62.7 Å². The van der Waals surface area contributed by atoms with Crippen LogP contribution in [0.3, 0.4) is 0 Å². The van der Waals surface area contributed by atoms with Gasteiger partial charge in [-0.2, -0.15) is 0 Å². The first-order valence-corrected chi connectivity index (χ1v) is 13.7. The summed E-state index contributed by atoms with van der Waals surface area (Å²) >= 11 is 0. The number of hydrogen-bond acceptors (Lipinski definition) is 5. The van der Waals surface area contributed by atoms with Crippen LogP contribution in [0.5, 0.6) is 0 Å². The first-order chi connectivity index (χ1) is 15.5. The van der Waals surface area contributed by atoms with Crippen LogP contribution < -0.4 is 0 Å². The summed E-state index contributed by atoms with van der Waals surface area (Å²) in [6.45, 7) is 3.37. The molecule has 3 saturated heterocycles. The van der Waals surface area contributed by atoms with E-state index in [1.54, 1.807) is 0 Å². The van der Waals surface area contributed by atoms with Crippen LogP contribution in [0.25, 0.3) is 10.9 Å². The number of likely N-dealkylation sites (tertiary alicyclic amines) is 1. The third-order valence-electron chi connectivity index (χ3n) is 7.33. The molecular formula is C24H33N3O4S. The molecule has 1 aromatic heterocycles. The highest BCUT2D eigenvalue weighted by Crippen LogP contribution is 2.30. The smallest absolute Gasteiger partial charge is 0.237 e. The van der Waals surface area contributed by atoms with Crippen LogP contribution >= 0.6 is 0 Å². The molecule has 0 saturated carbocycles. The van der Waals surface area contributed by atoms with Crippen LogP contribution in [-0.4, -0.2) is 85.5 Å². The number of nitrogens with zero attached hydrogens (tertiary/aromatic N) is 2. The molecule has 3 aliphatic heterocycles. The third-order valence-corrected chi connectivity index (χ3v) is 9.08. The summed E-state index contributed by atoms with van der Waals surface area (Å²) in [7, 11) is -3.04. The lowest BCUT2D eigenvalue weighted by Gasteiger charge is -2.35. The molecule has 1 N–H and O–H groups in total. The number of H-pyrrole nitrogens is 1. The number of aromatic amines is 1. The molecule has 5 rings (SSSR count). The Morgan fingerprint density at radius 2 is 1.97 bits per heavy atom. The van der Waals surface area contributed by atoms with Gasteiger partial charge in [0.05, 0.1) is 24.2 Å². The number of hydrogen-bond donors (Lipinski definition) is 1. The molecular weight excluding hydrogens is 426 g/mol. The zero-order valence-corrected chi connectivity index (χ0v) is 19.4. The zero-order chi connectivity index (χ0) is 22.1. The number of sulfone groups is 1. The highest BCUT2D eigenvalue weighted by atomic mass is 32.2. The van der Waals surface area contributed by atoms with Gasteiger partial charge in [0.2, 0.25) is 5.91 Å². The number of fused-ring (bicyclic) bond motifs is 1. The van der Waals surface area contributed by atoms with Crippen molar-refractivity contribution in [3.8, 4) is 0 Å². The summed E-state index contributed by atoms with van der Waals surface area (Å²) in [4.78, 5) is 20.9. The summed E-state index contributed by atoms with van der Waals surface area (Å²) in [5.74, 6) is 0.805. The van der Waals surface area contributed by atoms with Crippen molar-refractivity contribution in [3.63, 3.8) is 0 Å². The molecule has 8 heteroatoms. The van der Waals surface area contributed by atoms with Crippen LogP contribution in [0.4, 0.5) is 0 Å². The van der Waals surface area contributed by atoms with Gasteiger partial charge in [0, 0.05) is 36.3 Å². The summed E-state index contributed by atoms with van der Waals surface area (Å²) < 4.78 is 29.9. The van der Waals surface area contributed by atoms with E-state index in [2.05, 4.69) is 40.2 Å². The van der Waals surface area contributed by atoms with Crippen molar-refractivity contribution in [2.45, 2.75) is 50.2 Å². The summed E-state index contributed by atoms with van der Waals surface area (Å²) in [5.41, 5.74) is 2.46. The Kier molecular flexibility index (Phi) is 6.27. The molecule has 2 aromatic rings. The molecule has 0 radical (unpaired) electrons. The lowest BCUT2D eigenvalue weighted by atomic mass is 9.93. The predicted molar refractivity (Wildman–Crippen MR) is 124 cm³/mol. The Hall–Kier alpha value is -1.90. The molecule has 2 unspecified atom stereocenters. The second-order valence-electron chi connectivity index (χ2n) is 9.60. The standard InChI is InChI=1S/C24H33N3O4S/c28-24(27(15-21-5-3-12-31-21)20-9-13-32(29,30)17-20)16-26-10-7-18(8-11-26)23-14-19-4-1-2-6-22(19)25-23/h1-2,4,6,14,18,20-21,25H,3,5,7-13,15-17H2. The number of carbonyl (C=O) groups excluding carboxylic acids is 1. The van der Waals surface area contributed by atoms with Crippen LogP contribution in [0.15, 0.2) is 30.3 Å². The molecule has 2 atom stereocenters. The van der Waals surface area contributed by atoms with E-state index >= 15 is 0 Å². The fourth-order valence-corrected chi connectivity index (χ4v) is 7.21. The molecule has 1 aromatic carbocycles. The van der Waals surface area contributed by atoms with Crippen LogP contribution in [-0.2, 0) is 19.4 Å². The molecule has 32 heavy (non-hydrogen) atoms. The van der Waals surface area contributed by atoms with Gasteiger partial charge < -0.3 is 14.6 Å². The van der Waals surface area contributed by atoms with Gasteiger partial charge >= 0.3 is 0 Å². The Labute approximate surface area is 190 Å². The average molecular weight is 460 g/mol. The molecule has 0 bridgehead atoms. The van der Waals surface area contributed by atoms with E-state index in [0.29, 0.717) is 25.4 Å². The highest BCUT2D eigenvalue weighted by molar-refractivity contribution is 7.91. The van der Waals surface area contributed by atoms with Gasteiger partial charge in [0.15, 0.2) is 9.84 Å². The van der Waals surface area contributed by atoms with E-state index in [-0.39, 0.29) is 29.6 Å². The van der Waals surface area contributed by atoms with E-state index in [1.165, 1.54) is 16.6 Å². The lowest BCUT2D eigenvalue weighted by molar-refractivity contribution is -0.136. The first-order valence-electron chi connectivity index (χ1n) is 11.9. The average Bonchev–Trinajstić information content (AvgIpc) is 3.52. The Morgan fingerprint density at radius 1 is 1.16 bits per heavy atom. The van der Waals surface area contributed by atoms with Crippen molar-refractivity contribution in [1.82, 2.24) is 14.8 Å². The fraction of sp³-hybridized carbons (Fsp3) is 0.625. The predicted octanol–water partition coefficient (Wildman–Crippen LogP) is 2.54. The molecule has 1 amide bonds. The van der Waals surface area contributed by atoms with Crippen molar-refractivity contribution in [2.75, 3.05) is 44.3 Å². The zero-order valence-electron chi connectivity index (χ0n) is 18.5. The van der Waals surface area contributed by atoms with Crippen LogP contribution in [0.1, 0.15) is 43.7 Å². The van der Waals surface area contributed by atoms with Crippen molar-refractivity contribution in [2.24, 2.45) is 0 Å². The second-order valence-corrected chi connectivity index (χ2v) is 11.8. The fourth-order valence-electron chi connectivity index (χ4n) is 5.48. The van der Waals surface area contributed by atoms with E-state index in [9.17, 15) is 13.2 Å². The van der Waals surface area contributed by atoms with E-state index in [1.807, 2.05) is 4.90 Å².